The number of ether oxygens (including phenoxy) is 1. The minimum atomic E-state index is -0.486. The molecule has 0 radical (unpaired) electrons. The smallest absolute Gasteiger partial charge is 0.312 e. The van der Waals surface area contributed by atoms with Crippen molar-refractivity contribution in [2.45, 2.75) is 13.3 Å². The summed E-state index contributed by atoms with van der Waals surface area (Å²) in [7, 11) is 0. The molecule has 0 saturated heterocycles. The van der Waals surface area contributed by atoms with Gasteiger partial charge in [-0.1, -0.05) is 17.3 Å². The largest absolute Gasteiger partial charge is 0.466 e. The maximum absolute atomic E-state index is 12.6. The van der Waals surface area contributed by atoms with Crippen LogP contribution in [-0.4, -0.2) is 23.5 Å². The minimum absolute atomic E-state index is 0.143. The number of esters is 1. The molecule has 0 aromatic heterocycles. The van der Waals surface area contributed by atoms with Crippen LogP contribution in [0.4, 0.5) is 4.39 Å². The van der Waals surface area contributed by atoms with Crippen LogP contribution in [0.1, 0.15) is 18.9 Å². The molecule has 1 aromatic carbocycles. The molecular weight excluding hydrogens is 213 g/mol. The number of benzene rings is 1. The number of rotatable bonds is 4. The molecule has 0 fully saturated rings. The number of hydrogen-bond donors (Lipinski definition) is 1. The van der Waals surface area contributed by atoms with Crippen LogP contribution in [0.5, 0.6) is 0 Å². The third kappa shape index (κ3) is 3.34. The molecule has 0 unspecified atom stereocenters. The van der Waals surface area contributed by atoms with Crippen molar-refractivity contribution in [3.63, 3.8) is 0 Å². The van der Waals surface area contributed by atoms with E-state index in [0.29, 0.717) is 5.56 Å². The van der Waals surface area contributed by atoms with E-state index in [1.807, 2.05) is 0 Å². The van der Waals surface area contributed by atoms with Crippen LogP contribution in [0.15, 0.2) is 29.4 Å². The fraction of sp³-hybridized carbons (Fsp3) is 0.273. The SMILES string of the molecule is CCOC(=O)CC(=NO)c1ccc(F)cc1. The number of carbonyl (C=O) groups is 1. The van der Waals surface area contributed by atoms with Gasteiger partial charge in [-0.05, 0) is 19.1 Å². The number of carbonyl (C=O) groups excluding carboxylic acids is 1. The highest BCUT2D eigenvalue weighted by Crippen LogP contribution is 2.07. The highest BCUT2D eigenvalue weighted by Gasteiger charge is 2.11. The van der Waals surface area contributed by atoms with Gasteiger partial charge in [-0.2, -0.15) is 0 Å². The van der Waals surface area contributed by atoms with Gasteiger partial charge in [0.25, 0.3) is 0 Å². The van der Waals surface area contributed by atoms with Gasteiger partial charge in [0, 0.05) is 5.56 Å². The van der Waals surface area contributed by atoms with Gasteiger partial charge < -0.3 is 9.94 Å². The molecule has 0 aliphatic rings. The van der Waals surface area contributed by atoms with E-state index in [9.17, 15) is 9.18 Å². The Hall–Kier alpha value is -1.91. The molecule has 0 aliphatic carbocycles. The van der Waals surface area contributed by atoms with Crippen LogP contribution >= 0.6 is 0 Å². The Morgan fingerprint density at radius 3 is 2.56 bits per heavy atom. The highest BCUT2D eigenvalue weighted by atomic mass is 19.1. The average Bonchev–Trinajstić information content (AvgIpc) is 2.27. The first-order chi connectivity index (χ1) is 7.67. The fourth-order valence-electron chi connectivity index (χ4n) is 1.19. The van der Waals surface area contributed by atoms with Crippen molar-refractivity contribution in [2.75, 3.05) is 6.61 Å². The second-order valence-corrected chi connectivity index (χ2v) is 3.04. The van der Waals surface area contributed by atoms with Gasteiger partial charge in [0.1, 0.15) is 5.82 Å². The predicted octanol–water partition coefficient (Wildman–Crippen LogP) is 1.96. The first-order valence-electron chi connectivity index (χ1n) is 4.80. The molecule has 5 heteroatoms. The molecular formula is C11H12FNO3. The third-order valence-corrected chi connectivity index (χ3v) is 1.92. The Morgan fingerprint density at radius 2 is 2.06 bits per heavy atom. The van der Waals surface area contributed by atoms with Crippen molar-refractivity contribution >= 4 is 11.7 Å². The molecule has 0 aliphatic heterocycles. The maximum Gasteiger partial charge on any atom is 0.312 e. The minimum Gasteiger partial charge on any atom is -0.466 e. The monoisotopic (exact) mass is 225 g/mol. The van der Waals surface area contributed by atoms with E-state index in [1.165, 1.54) is 24.3 Å². The van der Waals surface area contributed by atoms with Crippen molar-refractivity contribution in [2.24, 2.45) is 5.16 Å². The Bertz CT molecular complexity index is 387. The molecule has 0 amide bonds. The van der Waals surface area contributed by atoms with E-state index in [2.05, 4.69) is 5.16 Å². The zero-order valence-electron chi connectivity index (χ0n) is 8.81. The Morgan fingerprint density at radius 1 is 1.44 bits per heavy atom. The van der Waals surface area contributed by atoms with Gasteiger partial charge in [-0.3, -0.25) is 4.79 Å². The molecule has 0 heterocycles. The summed E-state index contributed by atoms with van der Waals surface area (Å²) in [5.74, 6) is -0.878. The summed E-state index contributed by atoms with van der Waals surface area (Å²) in [4.78, 5) is 11.2. The van der Waals surface area contributed by atoms with E-state index in [1.54, 1.807) is 6.92 Å². The van der Waals surface area contributed by atoms with E-state index in [4.69, 9.17) is 9.94 Å². The van der Waals surface area contributed by atoms with E-state index < -0.39 is 11.8 Å². The summed E-state index contributed by atoms with van der Waals surface area (Å²) < 4.78 is 17.4. The lowest BCUT2D eigenvalue weighted by Gasteiger charge is -2.04. The Kier molecular flexibility index (Phi) is 4.44. The van der Waals surface area contributed by atoms with Gasteiger partial charge in [0.2, 0.25) is 0 Å². The summed E-state index contributed by atoms with van der Waals surface area (Å²) in [5, 5.41) is 11.8. The zero-order chi connectivity index (χ0) is 12.0. The van der Waals surface area contributed by atoms with Crippen LogP contribution < -0.4 is 0 Å². The van der Waals surface area contributed by atoms with Crippen molar-refractivity contribution < 1.29 is 19.1 Å². The molecule has 4 nitrogen and oxygen atoms in total. The van der Waals surface area contributed by atoms with Crippen molar-refractivity contribution in [3.05, 3.63) is 35.6 Å². The van der Waals surface area contributed by atoms with Crippen molar-refractivity contribution in [3.8, 4) is 0 Å². The molecule has 1 aromatic rings. The van der Waals surface area contributed by atoms with Gasteiger partial charge >= 0.3 is 5.97 Å². The number of oxime groups is 1. The van der Waals surface area contributed by atoms with Crippen molar-refractivity contribution in [1.82, 2.24) is 0 Å². The second-order valence-electron chi connectivity index (χ2n) is 3.04. The summed E-state index contributed by atoms with van der Waals surface area (Å²) in [5.41, 5.74) is 0.635. The number of nitrogens with zero attached hydrogens (tertiary/aromatic N) is 1. The summed E-state index contributed by atoms with van der Waals surface area (Å²) in [6, 6.07) is 5.32. The third-order valence-electron chi connectivity index (χ3n) is 1.92. The maximum atomic E-state index is 12.6. The van der Waals surface area contributed by atoms with Gasteiger partial charge in [0.05, 0.1) is 18.7 Å². The van der Waals surface area contributed by atoms with Gasteiger partial charge in [0.15, 0.2) is 0 Å². The number of halogens is 1. The highest BCUT2D eigenvalue weighted by molar-refractivity contribution is 6.09. The number of hydrogen-bond acceptors (Lipinski definition) is 4. The predicted molar refractivity (Wildman–Crippen MR) is 56.0 cm³/mol. The lowest BCUT2D eigenvalue weighted by atomic mass is 10.1. The van der Waals surface area contributed by atoms with Crippen LogP contribution in [0.25, 0.3) is 0 Å². The molecule has 1 N–H and O–H groups in total. The van der Waals surface area contributed by atoms with Crippen LogP contribution in [-0.2, 0) is 9.53 Å². The average molecular weight is 225 g/mol. The van der Waals surface area contributed by atoms with E-state index in [0.717, 1.165) is 0 Å². The van der Waals surface area contributed by atoms with Crippen LogP contribution in [0.3, 0.4) is 0 Å². The lowest BCUT2D eigenvalue weighted by molar-refractivity contribution is -0.141. The topological polar surface area (TPSA) is 58.9 Å². The Balaban J connectivity index is 2.76. The summed E-state index contributed by atoms with van der Waals surface area (Å²) in [6.07, 6.45) is -0.143. The van der Waals surface area contributed by atoms with Crippen molar-refractivity contribution in [1.29, 1.82) is 0 Å². The summed E-state index contributed by atoms with van der Waals surface area (Å²) in [6.45, 7) is 1.95. The quantitative estimate of drug-likeness (QED) is 0.369. The van der Waals surface area contributed by atoms with E-state index >= 15 is 0 Å². The second kappa shape index (κ2) is 5.85. The zero-order valence-corrected chi connectivity index (χ0v) is 8.81. The normalized spacial score (nSPS) is 11.2. The molecule has 0 spiro atoms. The molecule has 0 atom stereocenters. The molecule has 0 saturated carbocycles. The molecule has 86 valence electrons. The van der Waals surface area contributed by atoms with Gasteiger partial charge in [-0.15, -0.1) is 0 Å². The standard InChI is InChI=1S/C11H12FNO3/c1-2-16-11(14)7-10(13-15)8-3-5-9(12)6-4-8/h3-6,15H,2,7H2,1H3. The molecule has 1 rings (SSSR count). The first kappa shape index (κ1) is 12.2. The first-order valence-corrected chi connectivity index (χ1v) is 4.80. The lowest BCUT2D eigenvalue weighted by Crippen LogP contribution is -2.12. The van der Waals surface area contributed by atoms with Crippen LogP contribution in [0, 0.1) is 5.82 Å². The summed E-state index contributed by atoms with van der Waals surface area (Å²) >= 11 is 0. The fourth-order valence-corrected chi connectivity index (χ4v) is 1.19. The van der Waals surface area contributed by atoms with E-state index in [-0.39, 0.29) is 18.7 Å². The molecule has 0 bridgehead atoms. The molecule has 16 heavy (non-hydrogen) atoms. The van der Waals surface area contributed by atoms with Crippen LogP contribution in [0.2, 0.25) is 0 Å². The Labute approximate surface area is 92.3 Å². The van der Waals surface area contributed by atoms with Gasteiger partial charge in [-0.25, -0.2) is 4.39 Å².